The predicted octanol–water partition coefficient (Wildman–Crippen LogP) is 4.68. The highest BCUT2D eigenvalue weighted by Crippen LogP contribution is 2.28. The molecule has 0 amide bonds. The van der Waals surface area contributed by atoms with E-state index in [9.17, 15) is 4.79 Å². The Bertz CT molecular complexity index is 682. The third-order valence-electron chi connectivity index (χ3n) is 4.12. The summed E-state index contributed by atoms with van der Waals surface area (Å²) in [6.45, 7) is 3.20. The minimum absolute atomic E-state index is 0.126. The van der Waals surface area contributed by atoms with Gasteiger partial charge in [-0.05, 0) is 43.9 Å². The molecule has 2 nitrogen and oxygen atoms in total. The summed E-state index contributed by atoms with van der Waals surface area (Å²) < 4.78 is 1.01. The highest BCUT2D eigenvalue weighted by Gasteiger charge is 2.23. The van der Waals surface area contributed by atoms with Crippen molar-refractivity contribution in [3.63, 3.8) is 0 Å². The number of hydrogen-bond acceptors (Lipinski definition) is 3. The van der Waals surface area contributed by atoms with Crippen LogP contribution in [0.25, 0.3) is 10.1 Å². The molecule has 106 valence electrons. The number of anilines is 1. The summed E-state index contributed by atoms with van der Waals surface area (Å²) in [6.07, 6.45) is 4.73. The summed E-state index contributed by atoms with van der Waals surface area (Å²) >= 11 is 7.67. The molecule has 0 spiro atoms. The molecule has 4 heteroatoms. The van der Waals surface area contributed by atoms with E-state index < -0.39 is 0 Å². The standard InChI is InChI=1S/C16H18ClNOS/c1-2-12-5-3-4-8-18(12)14-10-20-15-7-6-11(17)9-13(15)16(14)19/h6-7,9-10,12H,2-5,8H2,1H3/t12-/m0/s1. The van der Waals surface area contributed by atoms with Crippen LogP contribution in [0.1, 0.15) is 32.6 Å². The maximum absolute atomic E-state index is 12.7. The van der Waals surface area contributed by atoms with Gasteiger partial charge in [0, 0.05) is 33.1 Å². The first-order valence-corrected chi connectivity index (χ1v) is 8.44. The summed E-state index contributed by atoms with van der Waals surface area (Å²) in [4.78, 5) is 15.1. The lowest BCUT2D eigenvalue weighted by Crippen LogP contribution is -2.41. The Balaban J connectivity index is 2.11. The van der Waals surface area contributed by atoms with Crippen molar-refractivity contribution in [2.45, 2.75) is 38.6 Å². The van der Waals surface area contributed by atoms with Gasteiger partial charge in [-0.25, -0.2) is 0 Å². The second kappa shape index (κ2) is 5.74. The zero-order valence-corrected chi connectivity index (χ0v) is 13.1. The van der Waals surface area contributed by atoms with Gasteiger partial charge in [0.2, 0.25) is 5.43 Å². The van der Waals surface area contributed by atoms with E-state index >= 15 is 0 Å². The Kier molecular flexibility index (Phi) is 3.99. The molecule has 1 aromatic carbocycles. The van der Waals surface area contributed by atoms with Crippen LogP contribution in [0.4, 0.5) is 5.69 Å². The van der Waals surface area contributed by atoms with Gasteiger partial charge in [-0.2, -0.15) is 0 Å². The second-order valence-corrected chi connectivity index (χ2v) is 6.69. The van der Waals surface area contributed by atoms with Gasteiger partial charge in [0.15, 0.2) is 0 Å². The lowest BCUT2D eigenvalue weighted by molar-refractivity contribution is 0.449. The number of halogens is 1. The molecule has 20 heavy (non-hydrogen) atoms. The molecule has 0 radical (unpaired) electrons. The number of fused-ring (bicyclic) bond motifs is 1. The highest BCUT2D eigenvalue weighted by atomic mass is 35.5. The minimum Gasteiger partial charge on any atom is -0.365 e. The molecule has 1 atom stereocenters. The minimum atomic E-state index is 0.126. The van der Waals surface area contributed by atoms with Gasteiger partial charge in [0.1, 0.15) is 0 Å². The summed E-state index contributed by atoms with van der Waals surface area (Å²) in [7, 11) is 0. The fourth-order valence-electron chi connectivity index (χ4n) is 3.03. The van der Waals surface area contributed by atoms with Crippen molar-refractivity contribution in [3.8, 4) is 0 Å². The first-order chi connectivity index (χ1) is 9.70. The normalized spacial score (nSPS) is 19.5. The van der Waals surface area contributed by atoms with Gasteiger partial charge in [-0.3, -0.25) is 4.79 Å². The van der Waals surface area contributed by atoms with Crippen LogP contribution in [0.3, 0.4) is 0 Å². The Morgan fingerprint density at radius 2 is 2.25 bits per heavy atom. The van der Waals surface area contributed by atoms with Gasteiger partial charge in [-0.1, -0.05) is 18.5 Å². The summed E-state index contributed by atoms with van der Waals surface area (Å²) in [5, 5.41) is 3.40. The number of benzene rings is 1. The van der Waals surface area contributed by atoms with E-state index in [2.05, 4.69) is 11.8 Å². The third-order valence-corrected chi connectivity index (χ3v) is 5.31. The maximum Gasteiger partial charge on any atom is 0.211 e. The topological polar surface area (TPSA) is 20.3 Å². The van der Waals surface area contributed by atoms with Crippen LogP contribution in [0.5, 0.6) is 0 Å². The molecule has 3 rings (SSSR count). The zero-order valence-electron chi connectivity index (χ0n) is 11.6. The third kappa shape index (κ3) is 2.45. The van der Waals surface area contributed by atoms with Crippen LogP contribution in [-0.4, -0.2) is 12.6 Å². The van der Waals surface area contributed by atoms with Crippen molar-refractivity contribution in [2.24, 2.45) is 0 Å². The van der Waals surface area contributed by atoms with E-state index in [4.69, 9.17) is 11.6 Å². The van der Waals surface area contributed by atoms with E-state index in [-0.39, 0.29) is 5.43 Å². The molecule has 2 aromatic rings. The maximum atomic E-state index is 12.7. The average Bonchev–Trinajstić information content (AvgIpc) is 2.48. The second-order valence-electron chi connectivity index (χ2n) is 5.34. The average molecular weight is 308 g/mol. The van der Waals surface area contributed by atoms with E-state index in [0.29, 0.717) is 11.1 Å². The van der Waals surface area contributed by atoms with E-state index in [1.807, 2.05) is 17.5 Å². The van der Waals surface area contributed by atoms with Crippen molar-refractivity contribution in [3.05, 3.63) is 38.8 Å². The number of rotatable bonds is 2. The summed E-state index contributed by atoms with van der Waals surface area (Å²) in [6, 6.07) is 6.07. The highest BCUT2D eigenvalue weighted by molar-refractivity contribution is 7.16. The molecule has 1 aliphatic heterocycles. The van der Waals surface area contributed by atoms with Gasteiger partial charge < -0.3 is 4.90 Å². The molecule has 1 aromatic heterocycles. The van der Waals surface area contributed by atoms with Crippen LogP contribution in [0.15, 0.2) is 28.4 Å². The Morgan fingerprint density at radius 3 is 3.05 bits per heavy atom. The Hall–Kier alpha value is -1.06. The molecule has 2 heterocycles. The van der Waals surface area contributed by atoms with Crippen molar-refractivity contribution < 1.29 is 0 Å². The number of piperidine rings is 1. The fourth-order valence-corrected chi connectivity index (χ4v) is 4.11. The Labute approximate surface area is 128 Å². The molecule has 0 saturated carbocycles. The SMILES string of the molecule is CC[C@H]1CCCCN1c1csc2ccc(Cl)cc2c1=O. The van der Waals surface area contributed by atoms with Crippen molar-refractivity contribution in [1.29, 1.82) is 0 Å². The molecule has 1 fully saturated rings. The smallest absolute Gasteiger partial charge is 0.211 e. The predicted molar refractivity (Wildman–Crippen MR) is 88.4 cm³/mol. The van der Waals surface area contributed by atoms with Crippen molar-refractivity contribution >= 4 is 38.7 Å². The van der Waals surface area contributed by atoms with Gasteiger partial charge in [0.25, 0.3) is 0 Å². The van der Waals surface area contributed by atoms with E-state index in [1.165, 1.54) is 19.3 Å². The van der Waals surface area contributed by atoms with Crippen LogP contribution in [0, 0.1) is 0 Å². The molecule has 0 N–H and O–H groups in total. The van der Waals surface area contributed by atoms with Crippen LogP contribution in [-0.2, 0) is 0 Å². The van der Waals surface area contributed by atoms with E-state index in [0.717, 1.165) is 28.7 Å². The largest absolute Gasteiger partial charge is 0.365 e. The van der Waals surface area contributed by atoms with Gasteiger partial charge >= 0.3 is 0 Å². The van der Waals surface area contributed by atoms with Crippen molar-refractivity contribution in [2.75, 3.05) is 11.4 Å². The molecular weight excluding hydrogens is 290 g/mol. The lowest BCUT2D eigenvalue weighted by Gasteiger charge is -2.36. The molecule has 1 aliphatic rings. The first-order valence-electron chi connectivity index (χ1n) is 7.18. The molecule has 0 bridgehead atoms. The quantitative estimate of drug-likeness (QED) is 0.802. The number of hydrogen-bond donors (Lipinski definition) is 0. The number of nitrogens with zero attached hydrogens (tertiary/aromatic N) is 1. The first kappa shape index (κ1) is 13.9. The summed E-state index contributed by atoms with van der Waals surface area (Å²) in [5.41, 5.74) is 0.984. The molecule has 0 aliphatic carbocycles. The zero-order chi connectivity index (χ0) is 14.1. The van der Waals surface area contributed by atoms with Crippen LogP contribution in [0.2, 0.25) is 5.02 Å². The fraction of sp³-hybridized carbons (Fsp3) is 0.438. The summed E-state index contributed by atoms with van der Waals surface area (Å²) in [5.74, 6) is 0. The van der Waals surface area contributed by atoms with Crippen LogP contribution < -0.4 is 10.3 Å². The van der Waals surface area contributed by atoms with Crippen LogP contribution >= 0.6 is 22.9 Å². The molecule has 0 unspecified atom stereocenters. The Morgan fingerprint density at radius 1 is 1.40 bits per heavy atom. The van der Waals surface area contributed by atoms with Gasteiger partial charge in [0.05, 0.1) is 5.69 Å². The monoisotopic (exact) mass is 307 g/mol. The van der Waals surface area contributed by atoms with Crippen molar-refractivity contribution in [1.82, 2.24) is 0 Å². The lowest BCUT2D eigenvalue weighted by atomic mass is 9.99. The van der Waals surface area contributed by atoms with E-state index in [1.54, 1.807) is 17.4 Å². The molecular formula is C16H18ClNOS. The van der Waals surface area contributed by atoms with Gasteiger partial charge in [-0.15, -0.1) is 11.3 Å². The molecule has 1 saturated heterocycles.